The van der Waals surface area contributed by atoms with Gasteiger partial charge in [0.05, 0.1) is 13.2 Å². The summed E-state index contributed by atoms with van der Waals surface area (Å²) in [5.41, 5.74) is 0. The zero-order chi connectivity index (χ0) is 22.2. The van der Waals surface area contributed by atoms with Crippen LogP contribution in [0.1, 0.15) is 0 Å². The lowest BCUT2D eigenvalue weighted by Gasteiger charge is -2.41. The summed E-state index contributed by atoms with van der Waals surface area (Å²) in [7, 11) is -7.64. The van der Waals surface area contributed by atoms with E-state index in [4.69, 9.17) is 22.4 Å². The van der Waals surface area contributed by atoms with Crippen molar-refractivity contribution in [3.8, 4) is 0 Å². The summed E-state index contributed by atoms with van der Waals surface area (Å²) < 4.78 is 32.2. The molecule has 1 aliphatic heterocycles. The second-order valence-corrected chi connectivity index (χ2v) is 29.5. The standard InChI is InChI=1S/C18H44O6Si4/c1-25(2,3)20-13-15-16(22-26(4,5)6)17(23-27(7,8)9)18(14-19,21-15)24-28(10,11)12/h15-17,19H,13-14H2,1-12H3/t15-,16-,17+,18+/m1/s1. The summed E-state index contributed by atoms with van der Waals surface area (Å²) in [4.78, 5) is 0. The van der Waals surface area contributed by atoms with Crippen molar-refractivity contribution in [2.75, 3.05) is 13.2 Å². The Labute approximate surface area is 176 Å². The van der Waals surface area contributed by atoms with Crippen molar-refractivity contribution < 1.29 is 27.5 Å². The molecule has 1 heterocycles. The number of rotatable bonds is 10. The predicted octanol–water partition coefficient (Wildman–Crippen LogP) is 4.22. The highest BCUT2D eigenvalue weighted by Crippen LogP contribution is 2.41. The van der Waals surface area contributed by atoms with Crippen LogP contribution >= 0.6 is 0 Å². The molecule has 0 aromatic rings. The first-order chi connectivity index (χ1) is 12.3. The Morgan fingerprint density at radius 2 is 1.25 bits per heavy atom. The lowest BCUT2D eigenvalue weighted by Crippen LogP contribution is -2.58. The Morgan fingerprint density at radius 3 is 1.61 bits per heavy atom. The highest BCUT2D eigenvalue weighted by atomic mass is 28.4. The molecule has 0 unspecified atom stereocenters. The van der Waals surface area contributed by atoms with Crippen LogP contribution in [0.3, 0.4) is 0 Å². The molecule has 1 saturated heterocycles. The van der Waals surface area contributed by atoms with E-state index in [1.54, 1.807) is 0 Å². The summed E-state index contributed by atoms with van der Waals surface area (Å²) in [5.74, 6) is -1.21. The van der Waals surface area contributed by atoms with E-state index in [0.29, 0.717) is 6.61 Å². The van der Waals surface area contributed by atoms with Gasteiger partial charge < -0.3 is 27.5 Å². The van der Waals surface area contributed by atoms with Crippen LogP contribution in [0.4, 0.5) is 0 Å². The van der Waals surface area contributed by atoms with Gasteiger partial charge in [-0.15, -0.1) is 0 Å². The van der Waals surface area contributed by atoms with Crippen molar-refractivity contribution in [2.45, 2.75) is 103 Å². The van der Waals surface area contributed by atoms with Gasteiger partial charge in [-0.2, -0.15) is 0 Å². The molecule has 0 aliphatic carbocycles. The van der Waals surface area contributed by atoms with Gasteiger partial charge in [-0.25, -0.2) is 0 Å². The van der Waals surface area contributed by atoms with Crippen LogP contribution < -0.4 is 0 Å². The van der Waals surface area contributed by atoms with Gasteiger partial charge in [-0.05, 0) is 78.6 Å². The van der Waals surface area contributed by atoms with E-state index < -0.39 is 45.2 Å². The van der Waals surface area contributed by atoms with Crippen molar-refractivity contribution in [1.29, 1.82) is 0 Å². The van der Waals surface area contributed by atoms with E-state index in [1.165, 1.54) is 0 Å². The van der Waals surface area contributed by atoms with Crippen LogP contribution in [-0.4, -0.2) is 75.7 Å². The third-order valence-corrected chi connectivity index (χ3v) is 7.73. The number of aliphatic hydroxyl groups is 1. The highest BCUT2D eigenvalue weighted by Gasteiger charge is 2.60. The molecule has 0 aromatic carbocycles. The van der Waals surface area contributed by atoms with Gasteiger partial charge in [0, 0.05) is 0 Å². The van der Waals surface area contributed by atoms with E-state index in [2.05, 4.69) is 78.6 Å². The van der Waals surface area contributed by atoms with Crippen LogP contribution in [0, 0.1) is 0 Å². The molecular formula is C18H44O6Si4. The fraction of sp³-hybridized carbons (Fsp3) is 1.00. The quantitative estimate of drug-likeness (QED) is 0.484. The van der Waals surface area contributed by atoms with Crippen molar-refractivity contribution in [3.63, 3.8) is 0 Å². The molecule has 0 amide bonds. The Hall–Kier alpha value is 0.628. The third kappa shape index (κ3) is 8.78. The maximum Gasteiger partial charge on any atom is 0.211 e. The zero-order valence-corrected chi connectivity index (χ0v) is 24.1. The first-order valence-electron chi connectivity index (χ1n) is 10.3. The first-order valence-corrected chi connectivity index (χ1v) is 23.9. The van der Waals surface area contributed by atoms with Crippen molar-refractivity contribution in [1.82, 2.24) is 0 Å². The Kier molecular flexibility index (Phi) is 8.58. The normalized spacial score (nSPS) is 30.1. The molecule has 0 spiro atoms. The minimum Gasteiger partial charge on any atom is -0.415 e. The van der Waals surface area contributed by atoms with Gasteiger partial charge >= 0.3 is 0 Å². The molecule has 0 aromatic heterocycles. The summed E-state index contributed by atoms with van der Waals surface area (Å²) in [6.45, 7) is 25.8. The maximum absolute atomic E-state index is 10.4. The Morgan fingerprint density at radius 1 is 0.750 bits per heavy atom. The molecule has 168 valence electrons. The molecule has 0 bridgehead atoms. The Bertz CT molecular complexity index is 506. The molecule has 1 rings (SSSR count). The lowest BCUT2D eigenvalue weighted by atomic mass is 10.1. The highest BCUT2D eigenvalue weighted by molar-refractivity contribution is 6.71. The van der Waals surface area contributed by atoms with E-state index in [1.807, 2.05) is 0 Å². The third-order valence-electron chi connectivity index (χ3n) is 3.80. The molecule has 1 N–H and O–H groups in total. The monoisotopic (exact) mass is 468 g/mol. The molecule has 10 heteroatoms. The number of aliphatic hydroxyl groups excluding tert-OH is 1. The van der Waals surface area contributed by atoms with Crippen LogP contribution in [0.2, 0.25) is 78.6 Å². The van der Waals surface area contributed by atoms with E-state index in [9.17, 15) is 5.11 Å². The van der Waals surface area contributed by atoms with E-state index >= 15 is 0 Å². The second-order valence-electron chi connectivity index (χ2n) is 11.6. The van der Waals surface area contributed by atoms with Crippen molar-refractivity contribution in [3.05, 3.63) is 0 Å². The van der Waals surface area contributed by atoms with E-state index in [0.717, 1.165) is 0 Å². The summed E-state index contributed by atoms with van der Waals surface area (Å²) in [5, 5.41) is 10.4. The van der Waals surface area contributed by atoms with Gasteiger partial charge in [0.25, 0.3) is 0 Å². The molecule has 4 atom stereocenters. The molecule has 0 saturated carbocycles. The van der Waals surface area contributed by atoms with Gasteiger partial charge in [0.1, 0.15) is 18.3 Å². The first kappa shape index (κ1) is 26.7. The fourth-order valence-electron chi connectivity index (χ4n) is 3.14. The molecule has 6 nitrogen and oxygen atoms in total. The van der Waals surface area contributed by atoms with Gasteiger partial charge in [-0.3, -0.25) is 0 Å². The smallest absolute Gasteiger partial charge is 0.211 e. The summed E-state index contributed by atoms with van der Waals surface area (Å²) in [6, 6.07) is 0. The minimum atomic E-state index is -2.04. The SMILES string of the molecule is C[Si](C)(C)OC[C@H]1O[C@@](CO)(O[Si](C)(C)C)[C@@H](O[Si](C)(C)C)[C@@H]1O[Si](C)(C)C. The topological polar surface area (TPSA) is 66.4 Å². The van der Waals surface area contributed by atoms with Crippen LogP contribution in [-0.2, 0) is 22.4 Å². The van der Waals surface area contributed by atoms with Crippen LogP contribution in [0.25, 0.3) is 0 Å². The van der Waals surface area contributed by atoms with Gasteiger partial charge in [0.15, 0.2) is 33.3 Å². The Balaban J connectivity index is 3.36. The van der Waals surface area contributed by atoms with Crippen molar-refractivity contribution >= 4 is 33.3 Å². The molecule has 1 aliphatic rings. The minimum absolute atomic E-state index is 0.262. The van der Waals surface area contributed by atoms with Crippen LogP contribution in [0.15, 0.2) is 0 Å². The number of hydrogen-bond acceptors (Lipinski definition) is 6. The molecule has 1 fully saturated rings. The predicted molar refractivity (Wildman–Crippen MR) is 125 cm³/mol. The molecule has 28 heavy (non-hydrogen) atoms. The van der Waals surface area contributed by atoms with Crippen molar-refractivity contribution in [2.24, 2.45) is 0 Å². The second kappa shape index (κ2) is 9.01. The zero-order valence-electron chi connectivity index (χ0n) is 20.1. The maximum atomic E-state index is 10.4. The number of ether oxygens (including phenoxy) is 1. The van der Waals surface area contributed by atoms with Gasteiger partial charge in [-0.1, -0.05) is 0 Å². The summed E-state index contributed by atoms with van der Waals surface area (Å²) in [6.07, 6.45) is -1.13. The summed E-state index contributed by atoms with van der Waals surface area (Å²) >= 11 is 0. The largest absolute Gasteiger partial charge is 0.415 e. The average Bonchev–Trinajstić information content (AvgIpc) is 2.66. The molecular weight excluding hydrogens is 425 g/mol. The average molecular weight is 469 g/mol. The fourth-order valence-corrected chi connectivity index (χ4v) is 7.24. The molecule has 0 radical (unpaired) electrons. The van der Waals surface area contributed by atoms with E-state index in [-0.39, 0.29) is 18.8 Å². The van der Waals surface area contributed by atoms with Crippen LogP contribution in [0.5, 0.6) is 0 Å². The van der Waals surface area contributed by atoms with Gasteiger partial charge in [0.2, 0.25) is 5.79 Å². The lowest BCUT2D eigenvalue weighted by molar-refractivity contribution is -0.232. The number of hydrogen-bond donors (Lipinski definition) is 1.